The van der Waals surface area contributed by atoms with E-state index in [1.54, 1.807) is 14.0 Å². The number of unbranched alkanes of at least 4 members (excludes halogenated alkanes) is 1. The fraction of sp³-hybridized carbons (Fsp3) is 0.909. The van der Waals surface area contributed by atoms with Crippen molar-refractivity contribution in [2.75, 3.05) is 33.9 Å². The lowest BCUT2D eigenvalue weighted by molar-refractivity contribution is -0.142. The monoisotopic (exact) mass is 232 g/mol. The van der Waals surface area contributed by atoms with Gasteiger partial charge >= 0.3 is 5.97 Å². The van der Waals surface area contributed by atoms with Gasteiger partial charge in [-0.3, -0.25) is 4.79 Å². The van der Waals surface area contributed by atoms with Crippen LogP contribution in [0.15, 0.2) is 0 Å². The molecule has 5 heteroatoms. The van der Waals surface area contributed by atoms with Gasteiger partial charge in [-0.1, -0.05) is 0 Å². The third-order valence-corrected chi connectivity index (χ3v) is 2.65. The fourth-order valence-corrected chi connectivity index (χ4v) is 1.34. The van der Waals surface area contributed by atoms with Crippen molar-refractivity contribution < 1.29 is 14.6 Å². The van der Waals surface area contributed by atoms with Crippen LogP contribution in [-0.4, -0.2) is 55.4 Å². The van der Waals surface area contributed by atoms with E-state index in [0.717, 1.165) is 32.5 Å². The van der Waals surface area contributed by atoms with Gasteiger partial charge in [-0.25, -0.2) is 0 Å². The molecule has 0 saturated carbocycles. The molecule has 3 N–H and O–H groups in total. The Morgan fingerprint density at radius 1 is 1.44 bits per heavy atom. The second-order valence-electron chi connectivity index (χ2n) is 4.48. The van der Waals surface area contributed by atoms with E-state index < -0.39 is 11.5 Å². The first-order chi connectivity index (χ1) is 7.40. The first-order valence-electron chi connectivity index (χ1n) is 5.60. The molecule has 0 aliphatic rings. The van der Waals surface area contributed by atoms with Crippen LogP contribution in [0.4, 0.5) is 0 Å². The molecule has 0 spiro atoms. The van der Waals surface area contributed by atoms with Gasteiger partial charge in [0.05, 0.1) is 6.61 Å². The van der Waals surface area contributed by atoms with Gasteiger partial charge in [0.1, 0.15) is 5.54 Å². The number of rotatable bonds is 9. The van der Waals surface area contributed by atoms with Gasteiger partial charge in [-0.05, 0) is 39.8 Å². The Balaban J connectivity index is 3.56. The molecule has 0 aliphatic carbocycles. The van der Waals surface area contributed by atoms with E-state index in [-0.39, 0.29) is 0 Å². The number of carboxylic acids is 1. The molecule has 96 valence electrons. The Hall–Kier alpha value is -0.650. The topological polar surface area (TPSA) is 75.8 Å². The minimum Gasteiger partial charge on any atom is -0.480 e. The highest BCUT2D eigenvalue weighted by molar-refractivity contribution is 5.77. The minimum atomic E-state index is -1.09. The molecule has 0 aliphatic heterocycles. The SMILES string of the molecule is COCCN(C)CCCCC(C)(N)C(=O)O. The molecule has 1 atom stereocenters. The molecule has 1 unspecified atom stereocenters. The molecule has 0 fully saturated rings. The Kier molecular flexibility index (Phi) is 7.29. The number of likely N-dealkylation sites (N-methyl/N-ethyl adjacent to an activating group) is 1. The van der Waals surface area contributed by atoms with Crippen molar-refractivity contribution in [3.05, 3.63) is 0 Å². The largest absolute Gasteiger partial charge is 0.480 e. The van der Waals surface area contributed by atoms with E-state index in [1.165, 1.54) is 0 Å². The molecule has 0 rings (SSSR count). The maximum Gasteiger partial charge on any atom is 0.323 e. The highest BCUT2D eigenvalue weighted by atomic mass is 16.5. The van der Waals surface area contributed by atoms with Crippen molar-refractivity contribution in [3.63, 3.8) is 0 Å². The maximum atomic E-state index is 10.7. The van der Waals surface area contributed by atoms with Gasteiger partial charge in [0.2, 0.25) is 0 Å². The lowest BCUT2D eigenvalue weighted by Gasteiger charge is -2.20. The van der Waals surface area contributed by atoms with E-state index in [1.807, 2.05) is 7.05 Å². The third-order valence-electron chi connectivity index (χ3n) is 2.65. The number of ether oxygens (including phenoxy) is 1. The van der Waals surface area contributed by atoms with Gasteiger partial charge in [0.25, 0.3) is 0 Å². The van der Waals surface area contributed by atoms with Crippen LogP contribution in [0.3, 0.4) is 0 Å². The molecule has 0 heterocycles. The molecule has 0 aromatic rings. The number of carbonyl (C=O) groups is 1. The molecule has 0 aromatic heterocycles. The number of nitrogens with two attached hydrogens (primary N) is 1. The Morgan fingerprint density at radius 2 is 2.06 bits per heavy atom. The molecular weight excluding hydrogens is 208 g/mol. The predicted octanol–water partition coefficient (Wildman–Crippen LogP) is 0.537. The van der Waals surface area contributed by atoms with Crippen LogP contribution in [0.2, 0.25) is 0 Å². The lowest BCUT2D eigenvalue weighted by Crippen LogP contribution is -2.44. The van der Waals surface area contributed by atoms with Crippen LogP contribution in [-0.2, 0) is 9.53 Å². The Labute approximate surface area is 97.6 Å². The predicted molar refractivity (Wildman–Crippen MR) is 63.5 cm³/mol. The van der Waals surface area contributed by atoms with Crippen molar-refractivity contribution in [1.82, 2.24) is 4.90 Å². The molecule has 0 amide bonds. The smallest absolute Gasteiger partial charge is 0.323 e. The van der Waals surface area contributed by atoms with Crippen LogP contribution < -0.4 is 5.73 Å². The zero-order valence-electron chi connectivity index (χ0n) is 10.5. The van der Waals surface area contributed by atoms with Gasteiger partial charge in [-0.15, -0.1) is 0 Å². The summed E-state index contributed by atoms with van der Waals surface area (Å²) in [5, 5.41) is 8.81. The van der Waals surface area contributed by atoms with Gasteiger partial charge in [0.15, 0.2) is 0 Å². The van der Waals surface area contributed by atoms with Gasteiger partial charge in [0, 0.05) is 13.7 Å². The number of methoxy groups -OCH3 is 1. The fourth-order valence-electron chi connectivity index (χ4n) is 1.34. The molecule has 16 heavy (non-hydrogen) atoms. The van der Waals surface area contributed by atoms with Gasteiger partial charge < -0.3 is 20.5 Å². The minimum absolute atomic E-state index is 0.514. The molecular formula is C11H24N2O3. The Morgan fingerprint density at radius 3 is 2.56 bits per heavy atom. The average Bonchev–Trinajstić information content (AvgIpc) is 2.21. The summed E-state index contributed by atoms with van der Waals surface area (Å²) in [7, 11) is 3.71. The second-order valence-corrected chi connectivity index (χ2v) is 4.48. The number of hydrogen-bond acceptors (Lipinski definition) is 4. The van der Waals surface area contributed by atoms with Crippen molar-refractivity contribution in [2.24, 2.45) is 5.73 Å². The summed E-state index contributed by atoms with van der Waals surface area (Å²) < 4.78 is 4.97. The molecule has 0 radical (unpaired) electrons. The average molecular weight is 232 g/mol. The molecule has 0 aromatic carbocycles. The van der Waals surface area contributed by atoms with Crippen molar-refractivity contribution >= 4 is 5.97 Å². The van der Waals surface area contributed by atoms with E-state index in [0.29, 0.717) is 6.42 Å². The summed E-state index contributed by atoms with van der Waals surface area (Å²) in [6, 6.07) is 0. The number of hydrogen-bond donors (Lipinski definition) is 2. The normalized spacial score (nSPS) is 15.1. The van der Waals surface area contributed by atoms with Crippen LogP contribution >= 0.6 is 0 Å². The third kappa shape index (κ3) is 6.76. The molecule has 0 saturated heterocycles. The summed E-state index contributed by atoms with van der Waals surface area (Å²) in [5.41, 5.74) is 4.53. The molecule has 5 nitrogen and oxygen atoms in total. The Bertz CT molecular complexity index is 207. The highest BCUT2D eigenvalue weighted by Crippen LogP contribution is 2.10. The van der Waals surface area contributed by atoms with E-state index in [4.69, 9.17) is 15.6 Å². The standard InChI is InChI=1S/C11H24N2O3/c1-11(12,10(14)15)6-4-5-7-13(2)8-9-16-3/h4-9,12H2,1-3H3,(H,14,15). The maximum absolute atomic E-state index is 10.7. The summed E-state index contributed by atoms with van der Waals surface area (Å²) in [6.45, 7) is 4.12. The first-order valence-corrected chi connectivity index (χ1v) is 5.60. The lowest BCUT2D eigenvalue weighted by atomic mass is 9.96. The van der Waals surface area contributed by atoms with Crippen LogP contribution in [0.25, 0.3) is 0 Å². The van der Waals surface area contributed by atoms with E-state index in [2.05, 4.69) is 4.90 Å². The van der Waals surface area contributed by atoms with Crippen molar-refractivity contribution in [1.29, 1.82) is 0 Å². The summed E-state index contributed by atoms with van der Waals surface area (Å²) in [4.78, 5) is 12.9. The summed E-state index contributed by atoms with van der Waals surface area (Å²) in [6.07, 6.45) is 2.30. The van der Waals surface area contributed by atoms with E-state index in [9.17, 15) is 4.79 Å². The number of nitrogens with zero attached hydrogens (tertiary/aromatic N) is 1. The highest BCUT2D eigenvalue weighted by Gasteiger charge is 2.26. The number of carboxylic acid groups (broad SMARTS) is 1. The summed E-state index contributed by atoms with van der Waals surface area (Å²) >= 11 is 0. The summed E-state index contributed by atoms with van der Waals surface area (Å²) in [5.74, 6) is -0.930. The quantitative estimate of drug-likeness (QED) is 0.567. The van der Waals surface area contributed by atoms with Gasteiger partial charge in [-0.2, -0.15) is 0 Å². The second kappa shape index (κ2) is 7.60. The van der Waals surface area contributed by atoms with Crippen LogP contribution in [0.5, 0.6) is 0 Å². The van der Waals surface area contributed by atoms with Crippen molar-refractivity contribution in [2.45, 2.75) is 31.7 Å². The zero-order valence-corrected chi connectivity index (χ0v) is 10.5. The van der Waals surface area contributed by atoms with Crippen LogP contribution in [0, 0.1) is 0 Å². The first kappa shape index (κ1) is 15.3. The van der Waals surface area contributed by atoms with Crippen LogP contribution in [0.1, 0.15) is 26.2 Å². The molecule has 0 bridgehead atoms. The number of aliphatic carboxylic acids is 1. The zero-order chi connectivity index (χ0) is 12.6. The van der Waals surface area contributed by atoms with Crippen molar-refractivity contribution in [3.8, 4) is 0 Å². The van der Waals surface area contributed by atoms with E-state index >= 15 is 0 Å².